The SMILES string of the molecule is Cc1ccc(-c2c(OC(=O)C(C)CC(C)(C)C)c(C)nc3sc4c(c23)CCCC4)cc1. The van der Waals surface area contributed by atoms with Crippen molar-refractivity contribution >= 4 is 27.5 Å². The van der Waals surface area contributed by atoms with Gasteiger partial charge in [0.1, 0.15) is 4.83 Å². The molecule has 1 aliphatic carbocycles. The van der Waals surface area contributed by atoms with E-state index in [4.69, 9.17) is 9.72 Å². The molecule has 3 nitrogen and oxygen atoms in total. The van der Waals surface area contributed by atoms with Gasteiger partial charge in [-0.15, -0.1) is 11.3 Å². The number of esters is 1. The highest BCUT2D eigenvalue weighted by molar-refractivity contribution is 7.19. The largest absolute Gasteiger partial charge is 0.424 e. The minimum atomic E-state index is -0.170. The molecule has 0 aliphatic heterocycles. The summed E-state index contributed by atoms with van der Waals surface area (Å²) >= 11 is 1.82. The van der Waals surface area contributed by atoms with E-state index in [1.165, 1.54) is 34.2 Å². The van der Waals surface area contributed by atoms with Crippen LogP contribution in [0.1, 0.15) is 68.7 Å². The van der Waals surface area contributed by atoms with Crippen molar-refractivity contribution in [3.05, 3.63) is 46.0 Å². The van der Waals surface area contributed by atoms with Crippen molar-refractivity contribution in [3.8, 4) is 16.9 Å². The molecule has 0 saturated heterocycles. The topological polar surface area (TPSA) is 39.2 Å². The molecule has 2 aromatic heterocycles. The first-order chi connectivity index (χ1) is 14.6. The van der Waals surface area contributed by atoms with Crippen molar-refractivity contribution in [1.29, 1.82) is 0 Å². The molecule has 31 heavy (non-hydrogen) atoms. The number of nitrogens with zero attached hydrogens (tertiary/aromatic N) is 1. The monoisotopic (exact) mass is 435 g/mol. The molecular formula is C27H33NO2S. The van der Waals surface area contributed by atoms with E-state index in [1.54, 1.807) is 0 Å². The molecule has 1 aromatic carbocycles. The number of aryl methyl sites for hydroxylation is 4. The van der Waals surface area contributed by atoms with Crippen molar-refractivity contribution < 1.29 is 9.53 Å². The fourth-order valence-electron chi connectivity index (χ4n) is 4.71. The van der Waals surface area contributed by atoms with Gasteiger partial charge in [0.05, 0.1) is 11.6 Å². The molecule has 2 heterocycles. The van der Waals surface area contributed by atoms with Gasteiger partial charge >= 0.3 is 5.97 Å². The van der Waals surface area contributed by atoms with Crippen LogP contribution in [0.5, 0.6) is 5.75 Å². The Hall–Kier alpha value is -2.20. The first-order valence-electron chi connectivity index (χ1n) is 11.4. The maximum atomic E-state index is 13.1. The van der Waals surface area contributed by atoms with Gasteiger partial charge in [-0.1, -0.05) is 57.5 Å². The third-order valence-electron chi connectivity index (χ3n) is 6.09. The van der Waals surface area contributed by atoms with Gasteiger partial charge < -0.3 is 4.74 Å². The number of fused-ring (bicyclic) bond motifs is 3. The number of ether oxygens (including phenoxy) is 1. The van der Waals surface area contributed by atoms with Crippen molar-refractivity contribution in [2.24, 2.45) is 11.3 Å². The summed E-state index contributed by atoms with van der Waals surface area (Å²) in [6.45, 7) is 12.5. The number of thiophene rings is 1. The van der Waals surface area contributed by atoms with E-state index >= 15 is 0 Å². The summed E-state index contributed by atoms with van der Waals surface area (Å²) in [6.07, 6.45) is 5.43. The van der Waals surface area contributed by atoms with Crippen LogP contribution in [0.3, 0.4) is 0 Å². The zero-order chi connectivity index (χ0) is 22.3. The van der Waals surface area contributed by atoms with Crippen LogP contribution in [0, 0.1) is 25.2 Å². The van der Waals surface area contributed by atoms with Gasteiger partial charge in [0.2, 0.25) is 0 Å². The zero-order valence-electron chi connectivity index (χ0n) is 19.6. The molecule has 3 aromatic rings. The maximum Gasteiger partial charge on any atom is 0.314 e. The lowest BCUT2D eigenvalue weighted by molar-refractivity contribution is -0.139. The summed E-state index contributed by atoms with van der Waals surface area (Å²) in [4.78, 5) is 20.5. The molecule has 4 rings (SSSR count). The Balaban J connectivity index is 1.88. The molecule has 1 aliphatic rings. The minimum absolute atomic E-state index is 0.0713. The van der Waals surface area contributed by atoms with E-state index in [-0.39, 0.29) is 17.3 Å². The summed E-state index contributed by atoms with van der Waals surface area (Å²) < 4.78 is 6.14. The van der Waals surface area contributed by atoms with Gasteiger partial charge in [-0.3, -0.25) is 4.79 Å². The third-order valence-corrected chi connectivity index (χ3v) is 7.28. The third kappa shape index (κ3) is 4.55. The normalized spacial score (nSPS) is 15.0. The molecular weight excluding hydrogens is 402 g/mol. The van der Waals surface area contributed by atoms with Crippen molar-refractivity contribution in [2.75, 3.05) is 0 Å². The number of hydrogen-bond acceptors (Lipinski definition) is 4. The van der Waals surface area contributed by atoms with Gasteiger partial charge in [0.15, 0.2) is 5.75 Å². The average Bonchev–Trinajstić information content (AvgIpc) is 3.05. The molecule has 0 N–H and O–H groups in total. The van der Waals surface area contributed by atoms with Gasteiger partial charge in [-0.05, 0) is 62.5 Å². The van der Waals surface area contributed by atoms with Crippen LogP contribution in [0.25, 0.3) is 21.3 Å². The molecule has 0 bridgehead atoms. The van der Waals surface area contributed by atoms with Gasteiger partial charge in [-0.25, -0.2) is 4.98 Å². The first-order valence-corrected chi connectivity index (χ1v) is 12.2. The molecule has 0 saturated carbocycles. The quantitative estimate of drug-likeness (QED) is 0.400. The van der Waals surface area contributed by atoms with Crippen LogP contribution in [0.4, 0.5) is 0 Å². The molecule has 4 heteroatoms. The molecule has 0 fully saturated rings. The van der Waals surface area contributed by atoms with Gasteiger partial charge in [0, 0.05) is 15.8 Å². The molecule has 0 radical (unpaired) electrons. The summed E-state index contributed by atoms with van der Waals surface area (Å²) in [7, 11) is 0. The predicted octanol–water partition coefficient (Wildman–Crippen LogP) is 7.44. The lowest BCUT2D eigenvalue weighted by Crippen LogP contribution is -2.23. The van der Waals surface area contributed by atoms with E-state index in [2.05, 4.69) is 52.0 Å². The number of hydrogen-bond donors (Lipinski definition) is 0. The lowest BCUT2D eigenvalue weighted by atomic mass is 9.85. The number of rotatable bonds is 4. The van der Waals surface area contributed by atoms with Crippen LogP contribution >= 0.6 is 11.3 Å². The maximum absolute atomic E-state index is 13.1. The van der Waals surface area contributed by atoms with Crippen LogP contribution in [0.15, 0.2) is 24.3 Å². The first kappa shape index (κ1) is 22.0. The number of carbonyl (C=O) groups is 1. The second kappa shape index (κ2) is 8.38. The summed E-state index contributed by atoms with van der Waals surface area (Å²) in [6, 6.07) is 8.55. The van der Waals surface area contributed by atoms with E-state index in [9.17, 15) is 4.79 Å². The second-order valence-corrected chi connectivity index (χ2v) is 11.3. The minimum Gasteiger partial charge on any atom is -0.424 e. The highest BCUT2D eigenvalue weighted by atomic mass is 32.1. The Morgan fingerprint density at radius 3 is 2.48 bits per heavy atom. The number of aromatic nitrogens is 1. The smallest absolute Gasteiger partial charge is 0.314 e. The highest BCUT2D eigenvalue weighted by Crippen LogP contribution is 2.46. The average molecular weight is 436 g/mol. The highest BCUT2D eigenvalue weighted by Gasteiger charge is 2.28. The van der Waals surface area contributed by atoms with Crippen molar-refractivity contribution in [3.63, 3.8) is 0 Å². The van der Waals surface area contributed by atoms with Crippen LogP contribution in [0.2, 0.25) is 0 Å². The van der Waals surface area contributed by atoms with Gasteiger partial charge in [-0.2, -0.15) is 0 Å². The number of carbonyl (C=O) groups excluding carboxylic acids is 1. The Labute approximate surface area is 189 Å². The van der Waals surface area contributed by atoms with E-state index in [0.29, 0.717) is 5.75 Å². The fraction of sp³-hybridized carbons (Fsp3) is 0.481. The Kier molecular flexibility index (Phi) is 5.95. The molecule has 164 valence electrons. The van der Waals surface area contributed by atoms with E-state index in [0.717, 1.165) is 40.9 Å². The summed E-state index contributed by atoms with van der Waals surface area (Å²) in [5.74, 6) is 0.294. The number of pyridine rings is 1. The zero-order valence-corrected chi connectivity index (χ0v) is 20.4. The second-order valence-electron chi connectivity index (χ2n) is 10.2. The molecule has 0 amide bonds. The van der Waals surface area contributed by atoms with Crippen LogP contribution < -0.4 is 4.74 Å². The lowest BCUT2D eigenvalue weighted by Gasteiger charge is -2.23. The Morgan fingerprint density at radius 2 is 1.81 bits per heavy atom. The van der Waals surface area contributed by atoms with Crippen LogP contribution in [-0.4, -0.2) is 11.0 Å². The standard InChI is InChI=1S/C27H33NO2S/c1-16-11-13-19(14-12-16)22-23-20-9-7-8-10-21(20)31-25(23)28-18(3)24(22)30-26(29)17(2)15-27(4,5)6/h11-14,17H,7-10,15H2,1-6H3. The van der Waals surface area contributed by atoms with Crippen molar-refractivity contribution in [2.45, 2.75) is 73.6 Å². The van der Waals surface area contributed by atoms with Gasteiger partial charge in [0.25, 0.3) is 0 Å². The van der Waals surface area contributed by atoms with E-state index in [1.807, 2.05) is 25.2 Å². The Morgan fingerprint density at radius 1 is 1.13 bits per heavy atom. The molecule has 1 atom stereocenters. The molecule has 0 spiro atoms. The Bertz CT molecular complexity index is 1120. The van der Waals surface area contributed by atoms with Crippen LogP contribution in [-0.2, 0) is 17.6 Å². The number of benzene rings is 1. The summed E-state index contributed by atoms with van der Waals surface area (Å²) in [5.41, 5.74) is 5.63. The summed E-state index contributed by atoms with van der Waals surface area (Å²) in [5, 5.41) is 1.19. The predicted molar refractivity (Wildman–Crippen MR) is 130 cm³/mol. The van der Waals surface area contributed by atoms with Crippen molar-refractivity contribution in [1.82, 2.24) is 4.98 Å². The van der Waals surface area contributed by atoms with E-state index < -0.39 is 0 Å². The fourth-order valence-corrected chi connectivity index (χ4v) is 6.03. The molecule has 1 unspecified atom stereocenters.